The Bertz CT molecular complexity index is 534. The van der Waals surface area contributed by atoms with E-state index in [-0.39, 0.29) is 10.4 Å². The average Bonchev–Trinajstić information content (AvgIpc) is 2.84. The van der Waals surface area contributed by atoms with Crippen LogP contribution in [-0.2, 0) is 16.6 Å². The predicted octanol–water partition coefficient (Wildman–Crippen LogP) is 1.38. The van der Waals surface area contributed by atoms with Gasteiger partial charge >= 0.3 is 0 Å². The number of rotatable bonds is 8. The van der Waals surface area contributed by atoms with Gasteiger partial charge in [-0.25, -0.2) is 13.1 Å². The highest BCUT2D eigenvalue weighted by atomic mass is 32.2. The number of hydrogen-bond acceptors (Lipinski definition) is 4. The van der Waals surface area contributed by atoms with Gasteiger partial charge in [0.25, 0.3) is 10.0 Å². The van der Waals surface area contributed by atoms with E-state index in [4.69, 9.17) is 0 Å². The minimum atomic E-state index is -3.50. The predicted molar refractivity (Wildman–Crippen MR) is 77.7 cm³/mol. The van der Waals surface area contributed by atoms with Gasteiger partial charge in [0.1, 0.15) is 0 Å². The fourth-order valence-electron chi connectivity index (χ4n) is 2.36. The third kappa shape index (κ3) is 3.59. The van der Waals surface area contributed by atoms with Crippen LogP contribution in [0.25, 0.3) is 0 Å². The Morgan fingerprint density at radius 2 is 2.20 bits per heavy atom. The lowest BCUT2D eigenvalue weighted by atomic mass is 9.71. The van der Waals surface area contributed by atoms with E-state index in [0.717, 1.165) is 25.8 Å². The molecule has 6 nitrogen and oxygen atoms in total. The van der Waals surface area contributed by atoms with Gasteiger partial charge in [0.2, 0.25) is 0 Å². The molecule has 1 aromatic rings. The highest BCUT2D eigenvalue weighted by Crippen LogP contribution is 2.39. The van der Waals surface area contributed by atoms with Crippen LogP contribution < -0.4 is 10.0 Å². The molecular weight excluding hydrogens is 276 g/mol. The van der Waals surface area contributed by atoms with Crippen LogP contribution in [0.3, 0.4) is 0 Å². The molecule has 0 saturated heterocycles. The molecule has 114 valence electrons. The molecule has 1 saturated carbocycles. The maximum atomic E-state index is 12.3. The van der Waals surface area contributed by atoms with E-state index in [1.54, 1.807) is 6.20 Å². The van der Waals surface area contributed by atoms with E-state index in [1.165, 1.54) is 6.42 Å². The number of nitrogens with zero attached hydrogens (tertiary/aromatic N) is 1. The summed E-state index contributed by atoms with van der Waals surface area (Å²) in [6, 6.07) is 0. The molecule has 0 unspecified atom stereocenters. The Labute approximate surface area is 120 Å². The summed E-state index contributed by atoms with van der Waals surface area (Å²) < 4.78 is 27.4. The van der Waals surface area contributed by atoms with Gasteiger partial charge < -0.3 is 5.32 Å². The standard InChI is InChI=1S/C13H24N4O2S/c1-3-7-14-8-11-9-15-17-12(11)20(18,19)16-10-13(2)5-4-6-13/h9,14,16H,3-8,10H2,1-2H3,(H,15,17). The van der Waals surface area contributed by atoms with Gasteiger partial charge in [-0.2, -0.15) is 5.10 Å². The molecule has 0 aromatic carbocycles. The van der Waals surface area contributed by atoms with Gasteiger partial charge in [-0.1, -0.05) is 20.3 Å². The molecule has 0 spiro atoms. The second-order valence-corrected chi connectivity index (χ2v) is 7.59. The zero-order chi connectivity index (χ0) is 14.6. The summed E-state index contributed by atoms with van der Waals surface area (Å²) >= 11 is 0. The van der Waals surface area contributed by atoms with Crippen molar-refractivity contribution in [1.29, 1.82) is 0 Å². The fourth-order valence-corrected chi connectivity index (χ4v) is 3.68. The van der Waals surface area contributed by atoms with E-state index < -0.39 is 10.0 Å². The van der Waals surface area contributed by atoms with Crippen molar-refractivity contribution in [3.63, 3.8) is 0 Å². The fraction of sp³-hybridized carbons (Fsp3) is 0.769. The molecule has 0 atom stereocenters. The highest BCUT2D eigenvalue weighted by molar-refractivity contribution is 7.89. The van der Waals surface area contributed by atoms with E-state index in [0.29, 0.717) is 18.7 Å². The van der Waals surface area contributed by atoms with Crippen LogP contribution >= 0.6 is 0 Å². The molecule has 20 heavy (non-hydrogen) atoms. The first kappa shape index (κ1) is 15.5. The summed E-state index contributed by atoms with van der Waals surface area (Å²) in [4.78, 5) is 0. The Hall–Kier alpha value is -0.920. The summed E-state index contributed by atoms with van der Waals surface area (Å²) in [5.74, 6) is 0. The Morgan fingerprint density at radius 3 is 2.80 bits per heavy atom. The first-order valence-electron chi connectivity index (χ1n) is 7.19. The molecule has 1 aliphatic carbocycles. The highest BCUT2D eigenvalue weighted by Gasteiger charge is 2.33. The van der Waals surface area contributed by atoms with Crippen molar-refractivity contribution in [3.8, 4) is 0 Å². The van der Waals surface area contributed by atoms with Crippen molar-refractivity contribution < 1.29 is 8.42 Å². The third-order valence-corrected chi connectivity index (χ3v) is 5.35. The lowest BCUT2D eigenvalue weighted by Gasteiger charge is -2.38. The average molecular weight is 300 g/mol. The van der Waals surface area contributed by atoms with Crippen molar-refractivity contribution in [1.82, 2.24) is 20.2 Å². The van der Waals surface area contributed by atoms with Gasteiger partial charge in [0.05, 0.1) is 6.20 Å². The number of hydrogen-bond donors (Lipinski definition) is 3. The van der Waals surface area contributed by atoms with Crippen LogP contribution in [0, 0.1) is 5.41 Å². The SMILES string of the molecule is CCCNCc1cn[nH]c1S(=O)(=O)NCC1(C)CCC1. The smallest absolute Gasteiger partial charge is 0.257 e. The summed E-state index contributed by atoms with van der Waals surface area (Å²) in [6.07, 6.45) is 5.94. The lowest BCUT2D eigenvalue weighted by Crippen LogP contribution is -2.40. The van der Waals surface area contributed by atoms with Crippen LogP contribution in [0.5, 0.6) is 0 Å². The molecule has 1 aromatic heterocycles. The van der Waals surface area contributed by atoms with Crippen molar-refractivity contribution in [2.24, 2.45) is 5.41 Å². The Morgan fingerprint density at radius 1 is 1.45 bits per heavy atom. The number of sulfonamides is 1. The monoisotopic (exact) mass is 300 g/mol. The number of nitrogens with one attached hydrogen (secondary N) is 3. The summed E-state index contributed by atoms with van der Waals surface area (Å²) in [5, 5.41) is 9.84. The molecule has 0 radical (unpaired) electrons. The van der Waals surface area contributed by atoms with Gasteiger partial charge in [-0.15, -0.1) is 0 Å². The topological polar surface area (TPSA) is 86.9 Å². The zero-order valence-electron chi connectivity index (χ0n) is 12.2. The van der Waals surface area contributed by atoms with E-state index >= 15 is 0 Å². The number of aromatic amines is 1. The first-order valence-corrected chi connectivity index (χ1v) is 8.68. The van der Waals surface area contributed by atoms with Crippen LogP contribution in [0.4, 0.5) is 0 Å². The molecule has 1 fully saturated rings. The largest absolute Gasteiger partial charge is 0.313 e. The quantitative estimate of drug-likeness (QED) is 0.633. The second-order valence-electron chi connectivity index (χ2n) is 5.89. The molecule has 1 aliphatic rings. The zero-order valence-corrected chi connectivity index (χ0v) is 13.0. The molecular formula is C13H24N4O2S. The van der Waals surface area contributed by atoms with E-state index in [9.17, 15) is 8.42 Å². The van der Waals surface area contributed by atoms with Crippen molar-refractivity contribution in [3.05, 3.63) is 11.8 Å². The molecule has 0 aliphatic heterocycles. The summed E-state index contributed by atoms with van der Waals surface area (Å²) in [5.41, 5.74) is 0.804. The second kappa shape index (κ2) is 6.24. The molecule has 2 rings (SSSR count). The maximum Gasteiger partial charge on any atom is 0.257 e. The molecule has 1 heterocycles. The third-order valence-electron chi connectivity index (χ3n) is 3.94. The first-order chi connectivity index (χ1) is 9.47. The van der Waals surface area contributed by atoms with Crippen LogP contribution in [-0.4, -0.2) is 31.7 Å². The van der Waals surface area contributed by atoms with Gasteiger partial charge in [0.15, 0.2) is 5.03 Å². The van der Waals surface area contributed by atoms with Crippen molar-refractivity contribution in [2.75, 3.05) is 13.1 Å². The van der Waals surface area contributed by atoms with Gasteiger partial charge in [0, 0.05) is 18.7 Å². The van der Waals surface area contributed by atoms with Crippen molar-refractivity contribution >= 4 is 10.0 Å². The van der Waals surface area contributed by atoms with Crippen LogP contribution in [0.2, 0.25) is 0 Å². The minimum absolute atomic E-state index is 0.119. The molecule has 0 bridgehead atoms. The Kier molecular flexibility index (Phi) is 4.82. The normalized spacial score (nSPS) is 17.9. The molecule has 7 heteroatoms. The van der Waals surface area contributed by atoms with E-state index in [1.807, 2.05) is 0 Å². The summed E-state index contributed by atoms with van der Waals surface area (Å²) in [6.45, 7) is 6.06. The van der Waals surface area contributed by atoms with Crippen molar-refractivity contribution in [2.45, 2.75) is 51.1 Å². The molecule has 3 N–H and O–H groups in total. The lowest BCUT2D eigenvalue weighted by molar-refractivity contribution is 0.166. The van der Waals surface area contributed by atoms with Crippen LogP contribution in [0.1, 0.15) is 45.1 Å². The minimum Gasteiger partial charge on any atom is -0.313 e. The van der Waals surface area contributed by atoms with Gasteiger partial charge in [-0.3, -0.25) is 5.10 Å². The summed E-state index contributed by atoms with van der Waals surface area (Å²) in [7, 11) is -3.50. The Balaban J connectivity index is 1.99. The van der Waals surface area contributed by atoms with Gasteiger partial charge in [-0.05, 0) is 31.2 Å². The number of aromatic nitrogens is 2. The van der Waals surface area contributed by atoms with E-state index in [2.05, 4.69) is 34.1 Å². The maximum absolute atomic E-state index is 12.3. The number of H-pyrrole nitrogens is 1. The molecule has 0 amide bonds. The van der Waals surface area contributed by atoms with Crippen LogP contribution in [0.15, 0.2) is 11.2 Å².